The molecule has 0 spiro atoms. The van der Waals surface area contributed by atoms with Crippen molar-refractivity contribution in [2.75, 3.05) is 26.0 Å². The maximum Gasteiger partial charge on any atom is 0.246 e. The molecule has 26 heavy (non-hydrogen) atoms. The van der Waals surface area contributed by atoms with Crippen LogP contribution >= 0.6 is 0 Å². The van der Waals surface area contributed by atoms with Crippen molar-refractivity contribution in [2.45, 2.75) is 11.8 Å². The van der Waals surface area contributed by atoms with Gasteiger partial charge in [-0.1, -0.05) is 0 Å². The Kier molecular flexibility index (Phi) is 4.79. The molecular formula is C16H20N6O3S. The van der Waals surface area contributed by atoms with E-state index in [0.29, 0.717) is 29.5 Å². The van der Waals surface area contributed by atoms with Gasteiger partial charge < -0.3 is 10.1 Å². The second kappa shape index (κ2) is 6.89. The minimum atomic E-state index is -3.66. The van der Waals surface area contributed by atoms with Gasteiger partial charge in [-0.15, -0.1) is 0 Å². The monoisotopic (exact) mass is 376 g/mol. The first-order valence-electron chi connectivity index (χ1n) is 7.93. The number of benzene rings is 1. The fraction of sp³-hybridized carbons (Fsp3) is 0.312. The first kappa shape index (κ1) is 18.1. The van der Waals surface area contributed by atoms with Crippen molar-refractivity contribution in [1.82, 2.24) is 24.1 Å². The Morgan fingerprint density at radius 1 is 1.27 bits per heavy atom. The smallest absolute Gasteiger partial charge is 0.246 e. The van der Waals surface area contributed by atoms with Crippen molar-refractivity contribution in [3.8, 4) is 5.75 Å². The second-order valence-corrected chi connectivity index (χ2v) is 7.85. The standard InChI is InChI=1S/C16H20N6O3S/c1-5-25-13-7-6-11(8-14(13)26(23,24)21(2)3)20-15-12-9-19-22(4)16(12)18-10-17-15/h6-10H,5H2,1-4H3,(H,17,18,20). The quantitative estimate of drug-likeness (QED) is 0.699. The van der Waals surface area contributed by atoms with Gasteiger partial charge in [0.25, 0.3) is 0 Å². The summed E-state index contributed by atoms with van der Waals surface area (Å²) in [4.78, 5) is 8.51. The van der Waals surface area contributed by atoms with Crippen LogP contribution in [0, 0.1) is 0 Å². The average Bonchev–Trinajstić information content (AvgIpc) is 2.98. The van der Waals surface area contributed by atoms with Gasteiger partial charge in [0, 0.05) is 26.8 Å². The molecule has 0 saturated heterocycles. The number of nitrogens with one attached hydrogen (secondary N) is 1. The number of fused-ring (bicyclic) bond motifs is 1. The molecule has 138 valence electrons. The Balaban J connectivity index is 2.06. The summed E-state index contributed by atoms with van der Waals surface area (Å²) in [5, 5.41) is 8.04. The highest BCUT2D eigenvalue weighted by Gasteiger charge is 2.23. The van der Waals surface area contributed by atoms with Gasteiger partial charge >= 0.3 is 0 Å². The molecule has 3 rings (SSSR count). The van der Waals surface area contributed by atoms with Crippen LogP contribution in [0.4, 0.5) is 11.5 Å². The highest BCUT2D eigenvalue weighted by atomic mass is 32.2. The number of rotatable bonds is 6. The molecule has 0 radical (unpaired) electrons. The Morgan fingerprint density at radius 2 is 2.04 bits per heavy atom. The van der Waals surface area contributed by atoms with Crippen LogP contribution in [0.5, 0.6) is 5.75 Å². The first-order valence-corrected chi connectivity index (χ1v) is 9.37. The molecule has 0 amide bonds. The van der Waals surface area contributed by atoms with Gasteiger partial charge in [0.1, 0.15) is 22.8 Å². The van der Waals surface area contributed by atoms with Crippen LogP contribution in [0.3, 0.4) is 0 Å². The number of nitrogens with zero attached hydrogens (tertiary/aromatic N) is 5. The van der Waals surface area contributed by atoms with Gasteiger partial charge in [0.2, 0.25) is 10.0 Å². The summed E-state index contributed by atoms with van der Waals surface area (Å²) in [5.41, 5.74) is 1.24. The molecule has 10 heteroatoms. The summed E-state index contributed by atoms with van der Waals surface area (Å²) in [5.74, 6) is 0.849. The van der Waals surface area contributed by atoms with Crippen LogP contribution in [0.15, 0.2) is 35.6 Å². The molecule has 0 saturated carbocycles. The number of sulfonamides is 1. The molecule has 3 aromatic rings. The summed E-state index contributed by atoms with van der Waals surface area (Å²) in [6.07, 6.45) is 3.09. The summed E-state index contributed by atoms with van der Waals surface area (Å²) >= 11 is 0. The van der Waals surface area contributed by atoms with Crippen LogP contribution in [0.2, 0.25) is 0 Å². The number of aryl methyl sites for hydroxylation is 1. The first-order chi connectivity index (χ1) is 12.3. The normalized spacial score (nSPS) is 11.9. The van der Waals surface area contributed by atoms with Crippen LogP contribution < -0.4 is 10.1 Å². The van der Waals surface area contributed by atoms with Crippen LogP contribution in [0.1, 0.15) is 6.92 Å². The Hall–Kier alpha value is -2.72. The summed E-state index contributed by atoms with van der Waals surface area (Å²) < 4.78 is 33.5. The van der Waals surface area contributed by atoms with Crippen molar-refractivity contribution in [1.29, 1.82) is 0 Å². The molecule has 0 fully saturated rings. The Labute approximate surface area is 151 Å². The Bertz CT molecular complexity index is 1050. The SMILES string of the molecule is CCOc1ccc(Nc2ncnc3c2cnn3C)cc1S(=O)(=O)N(C)C. The van der Waals surface area contributed by atoms with Crippen molar-refractivity contribution in [3.05, 3.63) is 30.7 Å². The van der Waals surface area contributed by atoms with E-state index in [1.54, 1.807) is 37.0 Å². The molecule has 9 nitrogen and oxygen atoms in total. The van der Waals surface area contributed by atoms with E-state index in [0.717, 1.165) is 9.69 Å². The van der Waals surface area contributed by atoms with Gasteiger partial charge in [0.05, 0.1) is 18.2 Å². The third-order valence-electron chi connectivity index (χ3n) is 3.79. The molecule has 1 N–H and O–H groups in total. The molecule has 0 aliphatic heterocycles. The lowest BCUT2D eigenvalue weighted by Gasteiger charge is -2.17. The molecule has 1 aromatic carbocycles. The van der Waals surface area contributed by atoms with Gasteiger partial charge in [-0.25, -0.2) is 22.7 Å². The van der Waals surface area contributed by atoms with Gasteiger partial charge in [-0.05, 0) is 25.1 Å². The molecule has 0 aliphatic rings. The molecule has 0 unspecified atom stereocenters. The maximum atomic E-state index is 12.6. The van der Waals surface area contributed by atoms with Crippen molar-refractivity contribution in [2.24, 2.45) is 7.05 Å². The third kappa shape index (κ3) is 3.20. The van der Waals surface area contributed by atoms with Gasteiger partial charge in [0.15, 0.2) is 5.65 Å². The number of hydrogen-bond acceptors (Lipinski definition) is 7. The van der Waals surface area contributed by atoms with Crippen molar-refractivity contribution >= 4 is 32.6 Å². The number of anilines is 2. The Morgan fingerprint density at radius 3 is 2.73 bits per heavy atom. The van der Waals surface area contributed by atoms with E-state index in [2.05, 4.69) is 20.4 Å². The lowest BCUT2D eigenvalue weighted by molar-refractivity contribution is 0.330. The summed E-state index contributed by atoms with van der Waals surface area (Å²) in [6, 6.07) is 4.90. The van der Waals surface area contributed by atoms with E-state index < -0.39 is 10.0 Å². The number of hydrogen-bond donors (Lipinski definition) is 1. The second-order valence-electron chi connectivity index (χ2n) is 5.73. The van der Waals surface area contributed by atoms with Crippen molar-refractivity contribution < 1.29 is 13.2 Å². The summed E-state index contributed by atoms with van der Waals surface area (Å²) in [7, 11) is 1.09. The van der Waals surface area contributed by atoms with E-state index in [-0.39, 0.29) is 4.90 Å². The topological polar surface area (TPSA) is 102 Å². The molecule has 0 bridgehead atoms. The van der Waals surface area contributed by atoms with Crippen LogP contribution in [-0.2, 0) is 17.1 Å². The average molecular weight is 376 g/mol. The van der Waals surface area contributed by atoms with E-state index in [9.17, 15) is 8.42 Å². The third-order valence-corrected chi connectivity index (χ3v) is 5.63. The summed E-state index contributed by atoms with van der Waals surface area (Å²) in [6.45, 7) is 2.17. The lowest BCUT2D eigenvalue weighted by atomic mass is 10.3. The highest BCUT2D eigenvalue weighted by Crippen LogP contribution is 2.31. The number of ether oxygens (including phenoxy) is 1. The van der Waals surface area contributed by atoms with E-state index in [1.807, 2.05) is 0 Å². The van der Waals surface area contributed by atoms with E-state index >= 15 is 0 Å². The fourth-order valence-corrected chi connectivity index (χ4v) is 3.51. The van der Waals surface area contributed by atoms with Crippen LogP contribution in [-0.4, -0.2) is 53.2 Å². The van der Waals surface area contributed by atoms with Gasteiger partial charge in [-0.3, -0.25) is 4.68 Å². The highest BCUT2D eigenvalue weighted by molar-refractivity contribution is 7.89. The minimum Gasteiger partial charge on any atom is -0.492 e. The lowest BCUT2D eigenvalue weighted by Crippen LogP contribution is -2.23. The van der Waals surface area contributed by atoms with E-state index in [4.69, 9.17) is 4.74 Å². The predicted octanol–water partition coefficient (Wildman–Crippen LogP) is 1.76. The molecule has 2 heterocycles. The number of aromatic nitrogens is 4. The fourth-order valence-electron chi connectivity index (χ4n) is 2.46. The zero-order chi connectivity index (χ0) is 18.9. The van der Waals surface area contributed by atoms with Crippen molar-refractivity contribution in [3.63, 3.8) is 0 Å². The van der Waals surface area contributed by atoms with E-state index in [1.165, 1.54) is 26.5 Å². The largest absolute Gasteiger partial charge is 0.492 e. The molecule has 0 aliphatic carbocycles. The maximum absolute atomic E-state index is 12.6. The molecule has 2 aromatic heterocycles. The zero-order valence-electron chi connectivity index (χ0n) is 15.0. The molecule has 0 atom stereocenters. The predicted molar refractivity (Wildman–Crippen MR) is 98.1 cm³/mol. The molecular weight excluding hydrogens is 356 g/mol. The van der Waals surface area contributed by atoms with Gasteiger partial charge in [-0.2, -0.15) is 5.10 Å². The minimum absolute atomic E-state index is 0.0887. The zero-order valence-corrected chi connectivity index (χ0v) is 15.8. The van der Waals surface area contributed by atoms with Crippen LogP contribution in [0.25, 0.3) is 11.0 Å².